The first kappa shape index (κ1) is 10.4. The van der Waals surface area contributed by atoms with Crippen LogP contribution in [0.1, 0.15) is 49.1 Å². The molecule has 0 amide bonds. The maximum absolute atomic E-state index is 5.77. The summed E-state index contributed by atoms with van der Waals surface area (Å²) in [6.45, 7) is 4.95. The van der Waals surface area contributed by atoms with Gasteiger partial charge < -0.3 is 11.5 Å². The molecule has 1 unspecified atom stereocenters. The van der Waals surface area contributed by atoms with E-state index in [-0.39, 0.29) is 0 Å². The molecule has 0 bridgehead atoms. The van der Waals surface area contributed by atoms with Gasteiger partial charge in [0.15, 0.2) is 0 Å². The number of hydrogen-bond donors (Lipinski definition) is 2. The average molecular weight is 206 g/mol. The fourth-order valence-corrected chi connectivity index (χ4v) is 2.32. The van der Waals surface area contributed by atoms with Gasteiger partial charge in [-0.3, -0.25) is 0 Å². The van der Waals surface area contributed by atoms with Crippen LogP contribution in [0.15, 0.2) is 0 Å². The fraction of sp³-hybridized carbons (Fsp3) is 0.636. The third-order valence-electron chi connectivity index (χ3n) is 3.04. The molecule has 1 aromatic rings. The Morgan fingerprint density at radius 1 is 1.40 bits per heavy atom. The summed E-state index contributed by atoms with van der Waals surface area (Å²) in [7, 11) is 0. The summed E-state index contributed by atoms with van der Waals surface area (Å²) in [4.78, 5) is 8.66. The number of rotatable bonds is 2. The number of nitrogens with zero attached hydrogens (tertiary/aromatic N) is 2. The highest BCUT2D eigenvalue weighted by molar-refractivity contribution is 5.39. The molecule has 0 radical (unpaired) electrons. The van der Waals surface area contributed by atoms with Crippen molar-refractivity contribution in [2.75, 3.05) is 12.3 Å². The lowest BCUT2D eigenvalue weighted by molar-refractivity contribution is 0.670. The maximum Gasteiger partial charge on any atom is 0.220 e. The molecular weight excluding hydrogens is 188 g/mol. The molecule has 1 atom stereocenters. The predicted octanol–water partition coefficient (Wildman–Crippen LogP) is 1.17. The molecule has 1 aliphatic carbocycles. The van der Waals surface area contributed by atoms with Gasteiger partial charge in [-0.25, -0.2) is 9.97 Å². The molecule has 0 saturated heterocycles. The molecule has 0 aromatic carbocycles. The molecule has 2 rings (SSSR count). The lowest BCUT2D eigenvalue weighted by Crippen LogP contribution is -2.14. The smallest absolute Gasteiger partial charge is 0.220 e. The SMILES string of the molecule is CC(C)c1nc(N)nc2c1C(CN)CC2. The number of fused-ring (bicyclic) bond motifs is 1. The van der Waals surface area contributed by atoms with E-state index in [2.05, 4.69) is 23.8 Å². The van der Waals surface area contributed by atoms with Gasteiger partial charge in [0.2, 0.25) is 5.95 Å². The second kappa shape index (κ2) is 3.77. The number of anilines is 1. The fourth-order valence-electron chi connectivity index (χ4n) is 2.32. The Bertz CT molecular complexity index is 373. The standard InChI is InChI=1S/C11H18N4/c1-6(2)10-9-7(5-12)3-4-8(9)14-11(13)15-10/h6-7H,3-5,12H2,1-2H3,(H2,13,14,15). The first-order valence-electron chi connectivity index (χ1n) is 5.49. The van der Waals surface area contributed by atoms with Gasteiger partial charge in [0.1, 0.15) is 0 Å². The lowest BCUT2D eigenvalue weighted by atomic mass is 9.96. The summed E-state index contributed by atoms with van der Waals surface area (Å²) < 4.78 is 0. The molecule has 82 valence electrons. The molecule has 1 aromatic heterocycles. The van der Waals surface area contributed by atoms with Gasteiger partial charge in [0.25, 0.3) is 0 Å². The average Bonchev–Trinajstić information content (AvgIpc) is 2.58. The third kappa shape index (κ3) is 1.69. The molecule has 1 aliphatic rings. The van der Waals surface area contributed by atoms with Gasteiger partial charge in [0, 0.05) is 11.6 Å². The van der Waals surface area contributed by atoms with E-state index in [0.717, 1.165) is 24.2 Å². The topological polar surface area (TPSA) is 77.8 Å². The lowest BCUT2D eigenvalue weighted by Gasteiger charge is -2.15. The van der Waals surface area contributed by atoms with Gasteiger partial charge >= 0.3 is 0 Å². The minimum Gasteiger partial charge on any atom is -0.368 e. The van der Waals surface area contributed by atoms with Gasteiger partial charge in [-0.2, -0.15) is 0 Å². The Hall–Kier alpha value is -1.16. The van der Waals surface area contributed by atoms with E-state index in [1.54, 1.807) is 0 Å². The molecule has 1 heterocycles. The maximum atomic E-state index is 5.77. The highest BCUT2D eigenvalue weighted by Crippen LogP contribution is 2.36. The van der Waals surface area contributed by atoms with Crippen LogP contribution in [0.2, 0.25) is 0 Å². The Morgan fingerprint density at radius 2 is 2.13 bits per heavy atom. The monoisotopic (exact) mass is 206 g/mol. The van der Waals surface area contributed by atoms with Gasteiger partial charge in [-0.15, -0.1) is 0 Å². The normalized spacial score (nSPS) is 19.6. The molecule has 4 heteroatoms. The van der Waals surface area contributed by atoms with Crippen molar-refractivity contribution in [3.05, 3.63) is 17.0 Å². The van der Waals surface area contributed by atoms with Gasteiger partial charge in [-0.1, -0.05) is 13.8 Å². The quantitative estimate of drug-likeness (QED) is 0.761. The van der Waals surface area contributed by atoms with E-state index in [0.29, 0.717) is 24.3 Å². The largest absolute Gasteiger partial charge is 0.368 e. The van der Waals surface area contributed by atoms with Gasteiger partial charge in [-0.05, 0) is 30.9 Å². The van der Waals surface area contributed by atoms with Crippen LogP contribution >= 0.6 is 0 Å². The Balaban J connectivity index is 2.55. The number of aromatic nitrogens is 2. The summed E-state index contributed by atoms with van der Waals surface area (Å²) in [5, 5.41) is 0. The second-order valence-corrected chi connectivity index (χ2v) is 4.45. The van der Waals surface area contributed by atoms with Gasteiger partial charge in [0.05, 0.1) is 5.69 Å². The Kier molecular flexibility index (Phi) is 2.61. The summed E-state index contributed by atoms with van der Waals surface area (Å²) in [6.07, 6.45) is 2.08. The van der Waals surface area contributed by atoms with Crippen LogP contribution in [0.4, 0.5) is 5.95 Å². The molecule has 15 heavy (non-hydrogen) atoms. The highest BCUT2D eigenvalue weighted by Gasteiger charge is 2.28. The molecular formula is C11H18N4. The van der Waals surface area contributed by atoms with Crippen LogP contribution in [-0.2, 0) is 6.42 Å². The first-order valence-corrected chi connectivity index (χ1v) is 5.49. The van der Waals surface area contributed by atoms with Crippen molar-refractivity contribution >= 4 is 5.95 Å². The minimum atomic E-state index is 0.385. The molecule has 0 saturated carbocycles. The first-order chi connectivity index (χ1) is 7.13. The van der Waals surface area contributed by atoms with Crippen molar-refractivity contribution in [3.8, 4) is 0 Å². The van der Waals surface area contributed by atoms with E-state index < -0.39 is 0 Å². The second-order valence-electron chi connectivity index (χ2n) is 4.45. The summed E-state index contributed by atoms with van der Waals surface area (Å²) >= 11 is 0. The van der Waals surface area contributed by atoms with E-state index in [9.17, 15) is 0 Å². The highest BCUT2D eigenvalue weighted by atomic mass is 15.0. The predicted molar refractivity (Wildman–Crippen MR) is 60.6 cm³/mol. The Labute approximate surface area is 90.1 Å². The zero-order valence-corrected chi connectivity index (χ0v) is 9.33. The van der Waals surface area contributed by atoms with Crippen molar-refractivity contribution in [3.63, 3.8) is 0 Å². The van der Waals surface area contributed by atoms with E-state index in [1.165, 1.54) is 5.56 Å². The van der Waals surface area contributed by atoms with E-state index in [1.807, 2.05) is 0 Å². The number of hydrogen-bond acceptors (Lipinski definition) is 4. The number of nitrogens with two attached hydrogens (primary N) is 2. The van der Waals surface area contributed by atoms with Crippen LogP contribution in [0, 0.1) is 0 Å². The molecule has 0 spiro atoms. The van der Waals surface area contributed by atoms with Crippen LogP contribution in [-0.4, -0.2) is 16.5 Å². The third-order valence-corrected chi connectivity index (χ3v) is 3.04. The molecule has 4 N–H and O–H groups in total. The van der Waals surface area contributed by atoms with Crippen LogP contribution in [0.3, 0.4) is 0 Å². The van der Waals surface area contributed by atoms with Crippen molar-refractivity contribution in [2.24, 2.45) is 5.73 Å². The van der Waals surface area contributed by atoms with Crippen molar-refractivity contribution < 1.29 is 0 Å². The molecule has 4 nitrogen and oxygen atoms in total. The Morgan fingerprint density at radius 3 is 2.73 bits per heavy atom. The van der Waals surface area contributed by atoms with Crippen molar-refractivity contribution in [1.82, 2.24) is 9.97 Å². The van der Waals surface area contributed by atoms with Crippen LogP contribution in [0.5, 0.6) is 0 Å². The summed E-state index contributed by atoms with van der Waals surface area (Å²) in [5.41, 5.74) is 14.9. The summed E-state index contributed by atoms with van der Waals surface area (Å²) in [6, 6.07) is 0. The zero-order chi connectivity index (χ0) is 11.0. The number of aryl methyl sites for hydroxylation is 1. The van der Waals surface area contributed by atoms with Crippen LogP contribution in [0.25, 0.3) is 0 Å². The van der Waals surface area contributed by atoms with E-state index in [4.69, 9.17) is 11.5 Å². The van der Waals surface area contributed by atoms with E-state index >= 15 is 0 Å². The minimum absolute atomic E-state index is 0.385. The zero-order valence-electron chi connectivity index (χ0n) is 9.33. The van der Waals surface area contributed by atoms with Crippen molar-refractivity contribution in [1.29, 1.82) is 0 Å². The summed E-state index contributed by atoms with van der Waals surface area (Å²) in [5.74, 6) is 1.21. The van der Waals surface area contributed by atoms with Crippen molar-refractivity contribution in [2.45, 2.75) is 38.5 Å². The molecule has 0 fully saturated rings. The number of nitrogen functional groups attached to an aromatic ring is 1. The van der Waals surface area contributed by atoms with Crippen LogP contribution < -0.4 is 11.5 Å². The molecule has 0 aliphatic heterocycles.